The Kier molecular flexibility index (Phi) is 6.26. The van der Waals surface area contributed by atoms with Crippen LogP contribution >= 0.6 is 0 Å². The Morgan fingerprint density at radius 1 is 1.00 bits per heavy atom. The number of carbonyl (C=O) groups excluding carboxylic acids is 2. The van der Waals surface area contributed by atoms with Gasteiger partial charge >= 0.3 is 0 Å². The first-order valence-corrected chi connectivity index (χ1v) is 10.9. The lowest BCUT2D eigenvalue weighted by molar-refractivity contribution is -0.125. The Balaban J connectivity index is 1.71. The largest absolute Gasteiger partial charge is 0.497 e. The number of hydrogen-bond donors (Lipinski definition) is 1. The number of ether oxygens (including phenoxy) is 1. The van der Waals surface area contributed by atoms with Crippen molar-refractivity contribution >= 4 is 23.2 Å². The summed E-state index contributed by atoms with van der Waals surface area (Å²) in [6.45, 7) is 4.02. The van der Waals surface area contributed by atoms with Crippen molar-refractivity contribution in [1.82, 2.24) is 0 Å². The molecule has 1 N–H and O–H groups in total. The van der Waals surface area contributed by atoms with Gasteiger partial charge < -0.3 is 15.0 Å². The smallest absolute Gasteiger partial charge is 0.229 e. The zero-order valence-electron chi connectivity index (χ0n) is 18.7. The summed E-state index contributed by atoms with van der Waals surface area (Å²) in [6.07, 6.45) is 0.822. The predicted octanol–water partition coefficient (Wildman–Crippen LogP) is 5.44. The first kappa shape index (κ1) is 21.6. The molecule has 0 radical (unpaired) electrons. The van der Waals surface area contributed by atoms with Gasteiger partial charge in [-0.1, -0.05) is 48.0 Å². The summed E-state index contributed by atoms with van der Waals surface area (Å²) in [6, 6.07) is 22.8. The monoisotopic (exact) mass is 428 g/mol. The zero-order valence-corrected chi connectivity index (χ0v) is 18.7. The minimum absolute atomic E-state index is 0.0135. The molecular formula is C27H28N2O3. The molecule has 1 saturated heterocycles. The van der Waals surface area contributed by atoms with Gasteiger partial charge in [0.2, 0.25) is 11.8 Å². The number of anilines is 2. The fraction of sp³-hybridized carbons (Fsp3) is 0.259. The van der Waals surface area contributed by atoms with E-state index in [1.54, 1.807) is 12.0 Å². The summed E-state index contributed by atoms with van der Waals surface area (Å²) in [5.41, 5.74) is 4.68. The van der Waals surface area contributed by atoms with E-state index in [1.165, 1.54) is 0 Å². The van der Waals surface area contributed by atoms with Crippen molar-refractivity contribution in [2.45, 2.75) is 32.7 Å². The lowest BCUT2D eigenvalue weighted by Crippen LogP contribution is -2.47. The quantitative estimate of drug-likeness (QED) is 0.589. The molecule has 2 amide bonds. The molecule has 1 aliphatic rings. The van der Waals surface area contributed by atoms with Crippen LogP contribution in [0, 0.1) is 19.8 Å². The number of piperidine rings is 1. The maximum Gasteiger partial charge on any atom is 0.229 e. The molecule has 164 valence electrons. The van der Waals surface area contributed by atoms with Gasteiger partial charge in [-0.3, -0.25) is 9.59 Å². The fourth-order valence-electron chi connectivity index (χ4n) is 4.43. The van der Waals surface area contributed by atoms with E-state index in [1.807, 2.05) is 80.6 Å². The van der Waals surface area contributed by atoms with Gasteiger partial charge in [0.1, 0.15) is 5.75 Å². The van der Waals surface area contributed by atoms with Crippen molar-refractivity contribution in [3.05, 3.63) is 89.5 Å². The molecule has 1 heterocycles. The number of methoxy groups -OCH3 is 1. The SMILES string of the molecule is COc1ccc(N2C(=O)CC[C@H](C(=O)Nc3ccc(C)cc3C)[C@H]2c2ccccc2)cc1. The molecule has 0 saturated carbocycles. The second kappa shape index (κ2) is 9.27. The van der Waals surface area contributed by atoms with Crippen LogP contribution in [0.2, 0.25) is 0 Å². The molecule has 0 bridgehead atoms. The highest BCUT2D eigenvalue weighted by Crippen LogP contribution is 2.41. The first-order chi connectivity index (χ1) is 15.5. The molecule has 0 unspecified atom stereocenters. The van der Waals surface area contributed by atoms with Gasteiger partial charge in [-0.15, -0.1) is 0 Å². The Bertz CT molecular complexity index is 1110. The van der Waals surface area contributed by atoms with E-state index < -0.39 is 6.04 Å². The van der Waals surface area contributed by atoms with E-state index >= 15 is 0 Å². The van der Waals surface area contributed by atoms with Crippen LogP contribution in [0.1, 0.15) is 35.6 Å². The molecular weight excluding hydrogens is 400 g/mol. The minimum atomic E-state index is -0.392. The van der Waals surface area contributed by atoms with Gasteiger partial charge in [0.15, 0.2) is 0 Å². The van der Waals surface area contributed by atoms with Crippen LogP contribution in [-0.4, -0.2) is 18.9 Å². The number of amides is 2. The predicted molar refractivity (Wildman–Crippen MR) is 127 cm³/mol. The lowest BCUT2D eigenvalue weighted by atomic mass is 9.83. The summed E-state index contributed by atoms with van der Waals surface area (Å²) in [5.74, 6) is 0.285. The first-order valence-electron chi connectivity index (χ1n) is 10.9. The van der Waals surface area contributed by atoms with E-state index in [9.17, 15) is 9.59 Å². The Hall–Kier alpha value is -3.60. The number of benzene rings is 3. The summed E-state index contributed by atoms with van der Waals surface area (Å²) in [4.78, 5) is 28.4. The van der Waals surface area contributed by atoms with E-state index in [4.69, 9.17) is 4.74 Å². The molecule has 32 heavy (non-hydrogen) atoms. The van der Waals surface area contributed by atoms with Crippen LogP contribution in [-0.2, 0) is 9.59 Å². The Morgan fingerprint density at radius 3 is 2.38 bits per heavy atom. The van der Waals surface area contributed by atoms with E-state index in [2.05, 4.69) is 11.4 Å². The highest BCUT2D eigenvalue weighted by atomic mass is 16.5. The third-order valence-corrected chi connectivity index (χ3v) is 6.07. The van der Waals surface area contributed by atoms with Gasteiger partial charge in [0.25, 0.3) is 0 Å². The van der Waals surface area contributed by atoms with Gasteiger partial charge in [-0.05, 0) is 61.7 Å². The van der Waals surface area contributed by atoms with Crippen LogP contribution in [0.5, 0.6) is 5.75 Å². The molecule has 5 nitrogen and oxygen atoms in total. The molecule has 3 aromatic carbocycles. The van der Waals surface area contributed by atoms with Crippen molar-refractivity contribution in [3.8, 4) is 5.75 Å². The second-order valence-corrected chi connectivity index (χ2v) is 8.27. The molecule has 0 aliphatic carbocycles. The van der Waals surface area contributed by atoms with Gasteiger partial charge in [0.05, 0.1) is 19.1 Å². The van der Waals surface area contributed by atoms with E-state index in [0.29, 0.717) is 12.8 Å². The summed E-state index contributed by atoms with van der Waals surface area (Å²) < 4.78 is 5.27. The molecule has 2 atom stereocenters. The fourth-order valence-corrected chi connectivity index (χ4v) is 4.43. The van der Waals surface area contributed by atoms with E-state index in [0.717, 1.165) is 33.8 Å². The van der Waals surface area contributed by atoms with Crippen LogP contribution in [0.25, 0.3) is 0 Å². The molecule has 0 aromatic heterocycles. The van der Waals surface area contributed by atoms with Crippen LogP contribution in [0.3, 0.4) is 0 Å². The highest BCUT2D eigenvalue weighted by Gasteiger charge is 2.41. The minimum Gasteiger partial charge on any atom is -0.497 e. The number of nitrogens with zero attached hydrogens (tertiary/aromatic N) is 1. The summed E-state index contributed by atoms with van der Waals surface area (Å²) in [7, 11) is 1.61. The third kappa shape index (κ3) is 4.37. The second-order valence-electron chi connectivity index (χ2n) is 8.27. The summed E-state index contributed by atoms with van der Waals surface area (Å²) in [5, 5.41) is 3.12. The number of rotatable bonds is 5. The van der Waals surface area contributed by atoms with Crippen LogP contribution in [0.4, 0.5) is 11.4 Å². The third-order valence-electron chi connectivity index (χ3n) is 6.07. The number of carbonyl (C=O) groups is 2. The number of hydrogen-bond acceptors (Lipinski definition) is 3. The maximum atomic E-state index is 13.5. The Morgan fingerprint density at radius 2 is 1.72 bits per heavy atom. The molecule has 1 aliphatic heterocycles. The normalized spacial score (nSPS) is 18.3. The van der Waals surface area contributed by atoms with Gasteiger partial charge in [-0.25, -0.2) is 0 Å². The van der Waals surface area contributed by atoms with Crippen molar-refractivity contribution in [2.75, 3.05) is 17.3 Å². The molecule has 5 heteroatoms. The number of nitrogens with one attached hydrogen (secondary N) is 1. The summed E-state index contributed by atoms with van der Waals surface area (Å²) >= 11 is 0. The number of aryl methyl sites for hydroxylation is 2. The van der Waals surface area contributed by atoms with Crippen molar-refractivity contribution in [1.29, 1.82) is 0 Å². The average molecular weight is 429 g/mol. The van der Waals surface area contributed by atoms with Crippen molar-refractivity contribution in [3.63, 3.8) is 0 Å². The zero-order chi connectivity index (χ0) is 22.7. The van der Waals surface area contributed by atoms with Crippen molar-refractivity contribution < 1.29 is 14.3 Å². The van der Waals surface area contributed by atoms with Gasteiger partial charge in [0, 0.05) is 17.8 Å². The van der Waals surface area contributed by atoms with E-state index in [-0.39, 0.29) is 17.7 Å². The van der Waals surface area contributed by atoms with Crippen LogP contribution < -0.4 is 15.0 Å². The molecule has 4 rings (SSSR count). The topological polar surface area (TPSA) is 58.6 Å². The van der Waals surface area contributed by atoms with Crippen molar-refractivity contribution in [2.24, 2.45) is 5.92 Å². The average Bonchev–Trinajstić information content (AvgIpc) is 2.81. The highest BCUT2D eigenvalue weighted by molar-refractivity contribution is 6.00. The van der Waals surface area contributed by atoms with Crippen LogP contribution in [0.15, 0.2) is 72.8 Å². The van der Waals surface area contributed by atoms with Gasteiger partial charge in [-0.2, -0.15) is 0 Å². The molecule has 0 spiro atoms. The standard InChI is InChI=1S/C27H28N2O3/c1-18-9-15-24(19(2)17-18)28-27(31)23-14-16-25(30)29(21-10-12-22(32-3)13-11-21)26(23)20-7-5-4-6-8-20/h4-13,15,17,23,26H,14,16H2,1-3H3,(H,28,31)/t23-,26+/m0/s1. The molecule has 1 fully saturated rings. The lowest BCUT2D eigenvalue weighted by Gasteiger charge is -2.41. The Labute approximate surface area is 189 Å². The maximum absolute atomic E-state index is 13.5. The molecule has 3 aromatic rings.